The van der Waals surface area contributed by atoms with Crippen LogP contribution in [-0.4, -0.2) is 25.9 Å². The Balaban J connectivity index is 1.59. The molecule has 1 amide bonds. The van der Waals surface area contributed by atoms with E-state index in [4.69, 9.17) is 5.73 Å². The zero-order chi connectivity index (χ0) is 18.1. The molecule has 132 valence electrons. The number of rotatable bonds is 4. The Morgan fingerprint density at radius 2 is 2.04 bits per heavy atom. The van der Waals surface area contributed by atoms with Crippen LogP contribution in [0.3, 0.4) is 0 Å². The SMILES string of the molecule is CC(=O)N[C@H]1CCc2cc(Nc3nc(-n4nccn4)ccc3N)ccc21. The molecule has 8 heteroatoms. The molecule has 3 aromatic rings. The Morgan fingerprint density at radius 3 is 2.81 bits per heavy atom. The van der Waals surface area contributed by atoms with E-state index in [1.807, 2.05) is 12.1 Å². The smallest absolute Gasteiger partial charge is 0.217 e. The molecular formula is C18H19N7O. The van der Waals surface area contributed by atoms with E-state index in [-0.39, 0.29) is 11.9 Å². The molecule has 0 unspecified atom stereocenters. The second kappa shape index (κ2) is 6.47. The van der Waals surface area contributed by atoms with Gasteiger partial charge in [0.15, 0.2) is 11.6 Å². The molecule has 2 aromatic heterocycles. The van der Waals surface area contributed by atoms with Gasteiger partial charge in [-0.1, -0.05) is 6.07 Å². The average molecular weight is 349 g/mol. The molecule has 8 nitrogen and oxygen atoms in total. The van der Waals surface area contributed by atoms with Crippen molar-refractivity contribution in [3.63, 3.8) is 0 Å². The van der Waals surface area contributed by atoms with Gasteiger partial charge in [-0.3, -0.25) is 4.79 Å². The second-order valence-corrected chi connectivity index (χ2v) is 6.26. The van der Waals surface area contributed by atoms with Crippen molar-refractivity contribution < 1.29 is 4.79 Å². The molecular weight excluding hydrogens is 330 g/mol. The topological polar surface area (TPSA) is 111 Å². The van der Waals surface area contributed by atoms with Gasteiger partial charge in [-0.05, 0) is 48.2 Å². The zero-order valence-electron chi connectivity index (χ0n) is 14.3. The highest BCUT2D eigenvalue weighted by Crippen LogP contribution is 2.34. The fraction of sp³-hybridized carbons (Fsp3) is 0.222. The van der Waals surface area contributed by atoms with Gasteiger partial charge in [0.2, 0.25) is 5.91 Å². The lowest BCUT2D eigenvalue weighted by Crippen LogP contribution is -2.24. The summed E-state index contributed by atoms with van der Waals surface area (Å²) in [6, 6.07) is 9.72. The van der Waals surface area contributed by atoms with Crippen LogP contribution in [0.1, 0.15) is 30.5 Å². The highest BCUT2D eigenvalue weighted by atomic mass is 16.1. The van der Waals surface area contributed by atoms with Crippen molar-refractivity contribution in [2.45, 2.75) is 25.8 Å². The number of anilines is 3. The van der Waals surface area contributed by atoms with Gasteiger partial charge in [0.05, 0.1) is 24.1 Å². The molecule has 1 aromatic carbocycles. The Bertz CT molecular complexity index is 952. The first-order valence-electron chi connectivity index (χ1n) is 8.40. The first-order chi connectivity index (χ1) is 12.6. The van der Waals surface area contributed by atoms with E-state index in [0.29, 0.717) is 17.3 Å². The fourth-order valence-electron chi connectivity index (χ4n) is 3.23. The molecule has 2 heterocycles. The van der Waals surface area contributed by atoms with Crippen LogP contribution in [0.25, 0.3) is 5.82 Å². The van der Waals surface area contributed by atoms with E-state index < -0.39 is 0 Å². The van der Waals surface area contributed by atoms with Gasteiger partial charge in [0.25, 0.3) is 0 Å². The van der Waals surface area contributed by atoms with Crippen LogP contribution in [0, 0.1) is 0 Å². The molecule has 0 spiro atoms. The van der Waals surface area contributed by atoms with E-state index >= 15 is 0 Å². The van der Waals surface area contributed by atoms with Gasteiger partial charge >= 0.3 is 0 Å². The summed E-state index contributed by atoms with van der Waals surface area (Å²) in [7, 11) is 0. The molecule has 0 saturated heterocycles. The van der Waals surface area contributed by atoms with Crippen molar-refractivity contribution in [3.05, 3.63) is 53.9 Å². The summed E-state index contributed by atoms with van der Waals surface area (Å²) >= 11 is 0. The van der Waals surface area contributed by atoms with Crippen LogP contribution in [0.5, 0.6) is 0 Å². The first kappa shape index (κ1) is 16.1. The van der Waals surface area contributed by atoms with Gasteiger partial charge in [0, 0.05) is 12.6 Å². The van der Waals surface area contributed by atoms with Crippen LogP contribution in [0.4, 0.5) is 17.2 Å². The standard InChI is InChI=1S/C18H19N7O/c1-11(26)22-16-6-2-12-10-13(3-4-14(12)16)23-18-15(19)5-7-17(24-18)25-20-8-9-21-25/h3-5,7-10,16H,2,6,19H2,1H3,(H,22,26)(H,23,24)/t16-/m0/s1. The predicted molar refractivity (Wildman–Crippen MR) is 98.2 cm³/mol. The van der Waals surface area contributed by atoms with E-state index in [9.17, 15) is 4.79 Å². The van der Waals surface area contributed by atoms with Gasteiger partial charge < -0.3 is 16.4 Å². The average Bonchev–Trinajstić information content (AvgIpc) is 3.27. The van der Waals surface area contributed by atoms with Crippen molar-refractivity contribution in [1.29, 1.82) is 0 Å². The summed E-state index contributed by atoms with van der Waals surface area (Å²) in [5, 5.41) is 14.4. The molecule has 0 saturated carbocycles. The summed E-state index contributed by atoms with van der Waals surface area (Å²) in [6.45, 7) is 1.55. The predicted octanol–water partition coefficient (Wildman–Crippen LogP) is 2.11. The van der Waals surface area contributed by atoms with Gasteiger partial charge in [-0.15, -0.1) is 4.80 Å². The number of hydrogen-bond donors (Lipinski definition) is 3. The first-order valence-corrected chi connectivity index (χ1v) is 8.40. The third-order valence-corrected chi connectivity index (χ3v) is 4.40. The van der Waals surface area contributed by atoms with E-state index in [1.54, 1.807) is 31.5 Å². The minimum atomic E-state index is -0.00827. The molecule has 0 fully saturated rings. The van der Waals surface area contributed by atoms with Crippen LogP contribution >= 0.6 is 0 Å². The summed E-state index contributed by atoms with van der Waals surface area (Å²) in [5.41, 5.74) is 9.88. The van der Waals surface area contributed by atoms with Crippen LogP contribution in [0.15, 0.2) is 42.7 Å². The number of pyridine rings is 1. The highest BCUT2D eigenvalue weighted by molar-refractivity contribution is 5.74. The van der Waals surface area contributed by atoms with Crippen molar-refractivity contribution in [1.82, 2.24) is 25.3 Å². The number of nitrogen functional groups attached to an aromatic ring is 1. The molecule has 0 bridgehead atoms. The molecule has 26 heavy (non-hydrogen) atoms. The van der Waals surface area contributed by atoms with Crippen molar-refractivity contribution in [2.24, 2.45) is 0 Å². The number of aryl methyl sites for hydroxylation is 1. The van der Waals surface area contributed by atoms with E-state index in [2.05, 4.69) is 31.9 Å². The second-order valence-electron chi connectivity index (χ2n) is 6.26. The van der Waals surface area contributed by atoms with Crippen LogP contribution in [-0.2, 0) is 11.2 Å². The van der Waals surface area contributed by atoms with Gasteiger partial charge in [-0.2, -0.15) is 10.2 Å². The van der Waals surface area contributed by atoms with E-state index in [0.717, 1.165) is 18.5 Å². The number of hydrogen-bond acceptors (Lipinski definition) is 6. The quantitative estimate of drug-likeness (QED) is 0.665. The van der Waals surface area contributed by atoms with Gasteiger partial charge in [0.1, 0.15) is 0 Å². The van der Waals surface area contributed by atoms with Crippen molar-refractivity contribution in [3.8, 4) is 5.82 Å². The van der Waals surface area contributed by atoms with Crippen molar-refractivity contribution in [2.75, 3.05) is 11.1 Å². The Kier molecular flexibility index (Phi) is 4.00. The van der Waals surface area contributed by atoms with Crippen LogP contribution in [0.2, 0.25) is 0 Å². The molecule has 4 N–H and O–H groups in total. The minimum Gasteiger partial charge on any atom is -0.396 e. The number of amides is 1. The van der Waals surface area contributed by atoms with Gasteiger partial charge in [-0.25, -0.2) is 4.98 Å². The van der Waals surface area contributed by atoms with Crippen molar-refractivity contribution >= 4 is 23.1 Å². The number of nitrogens with zero attached hydrogens (tertiary/aromatic N) is 4. The third-order valence-electron chi connectivity index (χ3n) is 4.40. The third kappa shape index (κ3) is 3.08. The van der Waals surface area contributed by atoms with Crippen LogP contribution < -0.4 is 16.4 Å². The number of fused-ring (bicyclic) bond motifs is 1. The summed E-state index contributed by atoms with van der Waals surface area (Å²) < 4.78 is 0. The number of benzene rings is 1. The molecule has 0 aliphatic heterocycles. The monoisotopic (exact) mass is 349 g/mol. The van der Waals surface area contributed by atoms with E-state index in [1.165, 1.54) is 15.9 Å². The number of carbonyl (C=O) groups excluding carboxylic acids is 1. The lowest BCUT2D eigenvalue weighted by molar-refractivity contribution is -0.119. The Labute approximate surface area is 150 Å². The lowest BCUT2D eigenvalue weighted by atomic mass is 10.1. The maximum absolute atomic E-state index is 11.3. The highest BCUT2D eigenvalue weighted by Gasteiger charge is 2.23. The summed E-state index contributed by atoms with van der Waals surface area (Å²) in [5.74, 6) is 1.13. The molecule has 1 atom stereocenters. The fourth-order valence-corrected chi connectivity index (χ4v) is 3.23. The number of aromatic nitrogens is 4. The summed E-state index contributed by atoms with van der Waals surface area (Å²) in [4.78, 5) is 17.3. The minimum absolute atomic E-state index is 0.00827. The largest absolute Gasteiger partial charge is 0.396 e. The lowest BCUT2D eigenvalue weighted by Gasteiger charge is -2.14. The maximum Gasteiger partial charge on any atom is 0.217 e. The molecule has 0 radical (unpaired) electrons. The molecule has 1 aliphatic rings. The number of carbonyl (C=O) groups is 1. The molecule has 4 rings (SSSR count). The Hall–Kier alpha value is -3.42. The summed E-state index contributed by atoms with van der Waals surface area (Å²) in [6.07, 6.45) is 5.03. The Morgan fingerprint density at radius 1 is 1.23 bits per heavy atom. The maximum atomic E-state index is 11.3. The number of nitrogens with one attached hydrogen (secondary N) is 2. The molecule has 1 aliphatic carbocycles. The number of nitrogens with two attached hydrogens (primary N) is 1. The normalized spacial score (nSPS) is 15.5. The zero-order valence-corrected chi connectivity index (χ0v) is 14.3.